The molecule has 52 heavy (non-hydrogen) atoms. The molecule has 0 spiro atoms. The molecule has 0 saturated carbocycles. The minimum atomic E-state index is -0.209. The third-order valence-electron chi connectivity index (χ3n) is 11.8. The average Bonchev–Trinajstić information content (AvgIpc) is 3.61. The maximum Gasteiger partial charge on any atom is 0.261 e. The molecule has 6 nitrogen and oxygen atoms in total. The number of amides is 3. The van der Waals surface area contributed by atoms with Crippen LogP contribution in [0.4, 0.5) is 0 Å². The van der Waals surface area contributed by atoms with Gasteiger partial charge in [0.2, 0.25) is 5.91 Å². The zero-order valence-corrected chi connectivity index (χ0v) is 35.0. The molecule has 0 saturated heterocycles. The van der Waals surface area contributed by atoms with Gasteiger partial charge in [-0.15, -0.1) is 11.3 Å². The first kappa shape index (κ1) is 43.0. The lowest BCUT2D eigenvalue weighted by atomic mass is 9.83. The van der Waals surface area contributed by atoms with E-state index < -0.39 is 0 Å². The molecule has 1 aromatic carbocycles. The lowest BCUT2D eigenvalue weighted by molar-refractivity contribution is -0.132. The second kappa shape index (κ2) is 20.1. The third kappa shape index (κ3) is 11.0. The minimum absolute atomic E-state index is 0.0133. The van der Waals surface area contributed by atoms with Gasteiger partial charge in [-0.05, 0) is 124 Å². The van der Waals surface area contributed by atoms with E-state index in [2.05, 4.69) is 105 Å². The highest BCUT2D eigenvalue weighted by molar-refractivity contribution is 7.14. The fraction of sp³-hybridized carbons (Fsp3) is 0.578. The molecule has 0 radical (unpaired) electrons. The van der Waals surface area contributed by atoms with Crippen molar-refractivity contribution in [1.82, 2.24) is 15.1 Å². The van der Waals surface area contributed by atoms with Crippen molar-refractivity contribution < 1.29 is 14.4 Å². The normalized spacial score (nSPS) is 16.5. The summed E-state index contributed by atoms with van der Waals surface area (Å²) in [6.45, 7) is 27.4. The number of carbonyl (C=O) groups excluding carboxylic acids is 3. The second-order valence-electron chi connectivity index (χ2n) is 15.4. The van der Waals surface area contributed by atoms with Crippen LogP contribution in [0, 0.1) is 17.8 Å². The van der Waals surface area contributed by atoms with E-state index >= 15 is 0 Å². The molecule has 0 fully saturated rings. The van der Waals surface area contributed by atoms with Crippen molar-refractivity contribution in [2.45, 2.75) is 126 Å². The van der Waals surface area contributed by atoms with Crippen LogP contribution in [0.1, 0.15) is 144 Å². The second-order valence-corrected chi connectivity index (χ2v) is 16.5. The Labute approximate surface area is 319 Å². The summed E-state index contributed by atoms with van der Waals surface area (Å²) in [6.07, 6.45) is 9.60. The van der Waals surface area contributed by atoms with E-state index in [-0.39, 0.29) is 41.4 Å². The van der Waals surface area contributed by atoms with Gasteiger partial charge < -0.3 is 15.1 Å². The molecule has 7 heteroatoms. The van der Waals surface area contributed by atoms with Crippen LogP contribution in [0.3, 0.4) is 0 Å². The zero-order valence-electron chi connectivity index (χ0n) is 34.2. The van der Waals surface area contributed by atoms with Gasteiger partial charge in [0.25, 0.3) is 11.8 Å². The van der Waals surface area contributed by atoms with Crippen molar-refractivity contribution in [3.8, 4) is 0 Å². The van der Waals surface area contributed by atoms with Crippen molar-refractivity contribution in [2.75, 3.05) is 26.7 Å². The van der Waals surface area contributed by atoms with Gasteiger partial charge in [0.05, 0.1) is 10.8 Å². The van der Waals surface area contributed by atoms with Gasteiger partial charge in [-0.25, -0.2) is 0 Å². The van der Waals surface area contributed by atoms with E-state index in [1.807, 2.05) is 25.1 Å². The highest BCUT2D eigenvalue weighted by Gasteiger charge is 2.26. The lowest BCUT2D eigenvalue weighted by Crippen LogP contribution is -2.35. The highest BCUT2D eigenvalue weighted by Crippen LogP contribution is 2.33. The van der Waals surface area contributed by atoms with Gasteiger partial charge in [-0.3, -0.25) is 14.4 Å². The molecule has 1 heterocycles. The molecule has 0 aliphatic heterocycles. The number of nitrogens with zero attached hydrogens (tertiary/aromatic N) is 2. The number of thiophene rings is 1. The van der Waals surface area contributed by atoms with Gasteiger partial charge in [0.15, 0.2) is 0 Å². The Kier molecular flexibility index (Phi) is 16.6. The Morgan fingerprint density at radius 3 is 2.17 bits per heavy atom. The van der Waals surface area contributed by atoms with Crippen LogP contribution in [0.25, 0.3) is 0 Å². The Morgan fingerprint density at radius 1 is 0.942 bits per heavy atom. The molecule has 2 aromatic rings. The number of hydrogen-bond acceptors (Lipinski definition) is 4. The smallest absolute Gasteiger partial charge is 0.261 e. The van der Waals surface area contributed by atoms with Crippen LogP contribution in [0.15, 0.2) is 65.4 Å². The Balaban J connectivity index is 1.67. The molecule has 5 atom stereocenters. The van der Waals surface area contributed by atoms with E-state index in [9.17, 15) is 14.4 Å². The van der Waals surface area contributed by atoms with E-state index in [1.54, 1.807) is 16.2 Å². The number of aryl methyl sites for hydroxylation is 2. The fourth-order valence-electron chi connectivity index (χ4n) is 6.88. The summed E-state index contributed by atoms with van der Waals surface area (Å²) in [5.74, 6) is 0.657. The van der Waals surface area contributed by atoms with Gasteiger partial charge in [0, 0.05) is 43.3 Å². The molecular weight excluding hydrogens is 663 g/mol. The van der Waals surface area contributed by atoms with Crippen molar-refractivity contribution in [3.05, 3.63) is 91.8 Å². The third-order valence-corrected chi connectivity index (χ3v) is 13.0. The number of nitrogens with one attached hydrogen (secondary N) is 1. The van der Waals surface area contributed by atoms with Gasteiger partial charge >= 0.3 is 0 Å². The molecule has 1 aliphatic rings. The molecule has 3 rings (SSSR count). The molecule has 1 N–H and O–H groups in total. The molecule has 5 unspecified atom stereocenters. The number of fused-ring (bicyclic) bond motifs is 1. The van der Waals surface area contributed by atoms with Gasteiger partial charge in [0.1, 0.15) is 0 Å². The summed E-state index contributed by atoms with van der Waals surface area (Å²) < 4.78 is 0. The molecule has 1 aromatic heterocycles. The van der Waals surface area contributed by atoms with Crippen LogP contribution in [0.2, 0.25) is 0 Å². The van der Waals surface area contributed by atoms with Crippen LogP contribution in [-0.2, 0) is 22.4 Å². The van der Waals surface area contributed by atoms with E-state index in [0.29, 0.717) is 18.0 Å². The molecule has 3 amide bonds. The highest BCUT2D eigenvalue weighted by atomic mass is 32.1. The van der Waals surface area contributed by atoms with Crippen molar-refractivity contribution >= 4 is 29.1 Å². The largest absolute Gasteiger partial charge is 0.348 e. The maximum atomic E-state index is 13.8. The number of rotatable bonds is 18. The number of benzene rings is 1. The first-order valence-electron chi connectivity index (χ1n) is 19.8. The number of hydrogen-bond donors (Lipinski definition) is 1. The van der Waals surface area contributed by atoms with Crippen molar-refractivity contribution in [1.29, 1.82) is 0 Å². The average molecular weight is 730 g/mol. The number of likely N-dealkylation sites (N-methyl/N-ethyl adjacent to an activating group) is 2. The minimum Gasteiger partial charge on any atom is -0.348 e. The van der Waals surface area contributed by atoms with E-state index in [1.165, 1.54) is 23.3 Å². The zero-order chi connectivity index (χ0) is 38.7. The Morgan fingerprint density at radius 2 is 1.58 bits per heavy atom. The summed E-state index contributed by atoms with van der Waals surface area (Å²) in [5.41, 5.74) is 7.29. The summed E-state index contributed by atoms with van der Waals surface area (Å²) in [7, 11) is 1.81. The summed E-state index contributed by atoms with van der Waals surface area (Å²) in [5, 5.41) is 3.14. The Hall–Kier alpha value is -3.45. The predicted molar refractivity (Wildman–Crippen MR) is 220 cm³/mol. The molecule has 286 valence electrons. The fourth-order valence-corrected chi connectivity index (χ4v) is 8.05. The number of allylic oxidation sites excluding steroid dienone is 2. The van der Waals surface area contributed by atoms with Crippen molar-refractivity contribution in [2.24, 2.45) is 17.8 Å². The summed E-state index contributed by atoms with van der Waals surface area (Å²) >= 11 is 1.64. The number of carbonyl (C=O) groups is 3. The summed E-state index contributed by atoms with van der Waals surface area (Å²) in [6, 6.07) is 10.4. The van der Waals surface area contributed by atoms with E-state index in [4.69, 9.17) is 0 Å². The predicted octanol–water partition coefficient (Wildman–Crippen LogP) is 10.5. The molecule has 0 bridgehead atoms. The quantitative estimate of drug-likeness (QED) is 0.123. The monoisotopic (exact) mass is 729 g/mol. The molecular formula is C45H67N3O3S. The lowest BCUT2D eigenvalue weighted by Gasteiger charge is -2.27. The maximum absolute atomic E-state index is 13.8. The van der Waals surface area contributed by atoms with Crippen LogP contribution in [0.5, 0.6) is 0 Å². The standard InChI is InChI=1S/C45H67N3O3S/c1-13-29(4)24-25-48(15-3)45(51)36(11)38-22-20-37(21-23-38)34(9)33(8)35(10)44(50)47(12)28-40(30(5)14-2)32(7)31(6)27-46-43(49)42-26-39-18-16-17-19-41(39)52-42/h20-23,26,28-30,33-34,36H,10,13-19,24-25,27H2,1-9,11-12H3,(H,46,49)/b32-31+,40-28+. The molecule has 1 aliphatic carbocycles. The topological polar surface area (TPSA) is 69.7 Å². The van der Waals surface area contributed by atoms with Crippen LogP contribution in [-0.4, -0.2) is 54.2 Å². The Bertz CT molecular complexity index is 1580. The summed E-state index contributed by atoms with van der Waals surface area (Å²) in [4.78, 5) is 46.0. The first-order chi connectivity index (χ1) is 24.6. The first-order valence-corrected chi connectivity index (χ1v) is 20.6. The van der Waals surface area contributed by atoms with Crippen LogP contribution < -0.4 is 5.32 Å². The van der Waals surface area contributed by atoms with Gasteiger partial charge in [-0.2, -0.15) is 0 Å². The van der Waals surface area contributed by atoms with Crippen molar-refractivity contribution in [3.63, 3.8) is 0 Å². The van der Waals surface area contributed by atoms with Crippen LogP contribution >= 0.6 is 11.3 Å². The van der Waals surface area contributed by atoms with Gasteiger partial charge in [-0.1, -0.05) is 84.4 Å². The SMILES string of the molecule is C=C(C(=O)N(C)/C=C(/C(C)=C(\C)CNC(=O)c1cc2c(s1)CCCC2)C(C)CC)C(C)C(C)c1ccc(C(C)C(=O)N(CC)CCC(C)CC)cc1. The van der Waals surface area contributed by atoms with E-state index in [0.717, 1.165) is 77.9 Å².